The fraction of sp³-hybridized carbons (Fsp3) is 0.727. The summed E-state index contributed by atoms with van der Waals surface area (Å²) in [6.07, 6.45) is 11.1. The largest absolute Gasteiger partial charge is 0.388 e. The molecule has 143 valence electrons. The first kappa shape index (κ1) is 29.5. The molecule has 3 radical (unpaired) electrons. The van der Waals surface area contributed by atoms with Crippen molar-refractivity contribution in [1.82, 2.24) is 0 Å². The quantitative estimate of drug-likeness (QED) is 0.451. The van der Waals surface area contributed by atoms with Crippen molar-refractivity contribution < 1.29 is 108 Å². The molecule has 5 heteroatoms. The standard InChI is InChI=1S/C22H34O2.3Y/c1-14(2)18-9-10-19-17(6-5-11-22(18,19)4)8-7-16-12-20(23)15(3)21(24)13-16;;;/h7-8,14,18-21,23-24H,3,5-6,9-13H2,1-2,4H3;;;/b17-8+;;;/t18?,19?,20-,21-,22-;;;/m1.../s1. The van der Waals surface area contributed by atoms with E-state index in [1.165, 1.54) is 32.1 Å². The Kier molecular flexibility index (Phi) is 13.6. The van der Waals surface area contributed by atoms with Crippen molar-refractivity contribution in [1.29, 1.82) is 0 Å². The Hall–Kier alpha value is 2.45. The molecule has 0 aromatic heterocycles. The van der Waals surface area contributed by atoms with Crippen LogP contribution < -0.4 is 0 Å². The van der Waals surface area contributed by atoms with E-state index >= 15 is 0 Å². The minimum absolute atomic E-state index is 0. The molecule has 2 N–H and O–H groups in total. The Bertz CT molecular complexity index is 554. The van der Waals surface area contributed by atoms with Gasteiger partial charge in [0.25, 0.3) is 0 Å². The summed E-state index contributed by atoms with van der Waals surface area (Å²) in [4.78, 5) is 0. The number of allylic oxidation sites excluding steroid dienone is 3. The zero-order valence-corrected chi connectivity index (χ0v) is 25.8. The van der Waals surface area contributed by atoms with Gasteiger partial charge in [0, 0.05) is 98.1 Å². The van der Waals surface area contributed by atoms with Gasteiger partial charge in [-0.25, -0.2) is 0 Å². The van der Waals surface area contributed by atoms with E-state index < -0.39 is 12.2 Å². The summed E-state index contributed by atoms with van der Waals surface area (Å²) in [7, 11) is 0. The molecule has 0 heterocycles. The van der Waals surface area contributed by atoms with Crippen molar-refractivity contribution in [3.8, 4) is 0 Å². The van der Waals surface area contributed by atoms with Crippen LogP contribution in [0.2, 0.25) is 0 Å². The second-order valence-corrected chi connectivity index (χ2v) is 8.92. The molecule has 0 aromatic rings. The second kappa shape index (κ2) is 12.5. The molecular formula is C22H34O2Y3. The van der Waals surface area contributed by atoms with E-state index in [0.29, 0.717) is 23.8 Å². The minimum Gasteiger partial charge on any atom is -0.388 e. The van der Waals surface area contributed by atoms with E-state index in [-0.39, 0.29) is 98.1 Å². The molecule has 0 bridgehead atoms. The molecule has 2 nitrogen and oxygen atoms in total. The summed E-state index contributed by atoms with van der Waals surface area (Å²) in [6, 6.07) is 0. The van der Waals surface area contributed by atoms with Crippen LogP contribution in [0.5, 0.6) is 0 Å². The number of fused-ring (bicyclic) bond motifs is 1. The third-order valence-electron chi connectivity index (χ3n) is 7.14. The smallest absolute Gasteiger partial charge is 0.0809 e. The van der Waals surface area contributed by atoms with Crippen LogP contribution in [0, 0.1) is 23.2 Å². The zero-order valence-electron chi connectivity index (χ0n) is 17.3. The maximum absolute atomic E-state index is 10.0. The summed E-state index contributed by atoms with van der Waals surface area (Å²) in [6.45, 7) is 11.1. The molecule has 0 spiro atoms. The third kappa shape index (κ3) is 6.47. The average molecular weight is 597 g/mol. The summed E-state index contributed by atoms with van der Waals surface area (Å²) < 4.78 is 0. The molecule has 27 heavy (non-hydrogen) atoms. The van der Waals surface area contributed by atoms with Crippen LogP contribution in [0.25, 0.3) is 0 Å². The van der Waals surface area contributed by atoms with Crippen LogP contribution in [0.4, 0.5) is 0 Å². The van der Waals surface area contributed by atoms with Crippen molar-refractivity contribution >= 4 is 0 Å². The molecule has 3 saturated carbocycles. The number of rotatable bonds is 2. The Labute approximate surface area is 241 Å². The third-order valence-corrected chi connectivity index (χ3v) is 7.14. The van der Waals surface area contributed by atoms with Gasteiger partial charge in [-0.05, 0) is 73.7 Å². The van der Waals surface area contributed by atoms with Crippen LogP contribution in [0.3, 0.4) is 0 Å². The zero-order chi connectivity index (χ0) is 17.5. The fourth-order valence-corrected chi connectivity index (χ4v) is 5.80. The summed E-state index contributed by atoms with van der Waals surface area (Å²) in [5.74, 6) is 2.34. The van der Waals surface area contributed by atoms with Crippen molar-refractivity contribution in [3.63, 3.8) is 0 Å². The maximum Gasteiger partial charge on any atom is 0.0809 e. The Morgan fingerprint density at radius 2 is 1.63 bits per heavy atom. The molecule has 0 saturated heterocycles. The van der Waals surface area contributed by atoms with E-state index in [1.807, 2.05) is 0 Å². The molecule has 3 fully saturated rings. The number of hydrogen-bond donors (Lipinski definition) is 2. The van der Waals surface area contributed by atoms with Crippen molar-refractivity contribution in [2.75, 3.05) is 0 Å². The monoisotopic (exact) mass is 597 g/mol. The average Bonchev–Trinajstić information content (AvgIpc) is 2.88. The predicted octanol–water partition coefficient (Wildman–Crippen LogP) is 4.78. The Morgan fingerprint density at radius 3 is 2.19 bits per heavy atom. The first-order valence-electron chi connectivity index (χ1n) is 9.76. The Balaban J connectivity index is 0.00000225. The van der Waals surface area contributed by atoms with Crippen molar-refractivity contribution in [3.05, 3.63) is 35.5 Å². The maximum atomic E-state index is 10.0. The van der Waals surface area contributed by atoms with E-state index in [4.69, 9.17) is 0 Å². The van der Waals surface area contributed by atoms with Gasteiger partial charge in [-0.15, -0.1) is 0 Å². The van der Waals surface area contributed by atoms with Gasteiger partial charge in [-0.1, -0.05) is 50.6 Å². The number of hydrogen-bond acceptors (Lipinski definition) is 2. The molecule has 0 aliphatic heterocycles. The summed E-state index contributed by atoms with van der Waals surface area (Å²) in [5.41, 5.74) is 3.80. The molecule has 3 aliphatic carbocycles. The number of aliphatic hydroxyl groups is 2. The summed E-state index contributed by atoms with van der Waals surface area (Å²) in [5, 5.41) is 20.0. The van der Waals surface area contributed by atoms with E-state index in [0.717, 1.165) is 23.3 Å². The van der Waals surface area contributed by atoms with Gasteiger partial charge in [0.2, 0.25) is 0 Å². The van der Waals surface area contributed by atoms with E-state index in [2.05, 4.69) is 39.5 Å². The molecule has 3 rings (SSSR count). The van der Waals surface area contributed by atoms with Crippen LogP contribution >= 0.6 is 0 Å². The molecular weight excluding hydrogens is 563 g/mol. The fourth-order valence-electron chi connectivity index (χ4n) is 5.80. The van der Waals surface area contributed by atoms with Gasteiger partial charge in [0.05, 0.1) is 12.2 Å². The Morgan fingerprint density at radius 1 is 1.04 bits per heavy atom. The van der Waals surface area contributed by atoms with Gasteiger partial charge in [0.15, 0.2) is 0 Å². The topological polar surface area (TPSA) is 40.5 Å². The molecule has 3 aliphatic rings. The first-order valence-corrected chi connectivity index (χ1v) is 9.76. The van der Waals surface area contributed by atoms with Crippen LogP contribution in [0.15, 0.2) is 35.5 Å². The van der Waals surface area contributed by atoms with E-state index in [9.17, 15) is 10.2 Å². The number of aliphatic hydroxyl groups excluding tert-OH is 2. The van der Waals surface area contributed by atoms with Crippen LogP contribution in [0.1, 0.15) is 65.7 Å². The van der Waals surface area contributed by atoms with Gasteiger partial charge < -0.3 is 10.2 Å². The normalized spacial score (nSPS) is 37.2. The summed E-state index contributed by atoms with van der Waals surface area (Å²) >= 11 is 0. The molecule has 2 unspecified atom stereocenters. The van der Waals surface area contributed by atoms with Gasteiger partial charge >= 0.3 is 0 Å². The predicted molar refractivity (Wildman–Crippen MR) is 99.6 cm³/mol. The van der Waals surface area contributed by atoms with Crippen LogP contribution in [-0.2, 0) is 98.1 Å². The minimum atomic E-state index is -0.591. The van der Waals surface area contributed by atoms with E-state index in [1.54, 1.807) is 5.57 Å². The molecule has 5 atom stereocenters. The van der Waals surface area contributed by atoms with Gasteiger partial charge in [0.1, 0.15) is 0 Å². The van der Waals surface area contributed by atoms with Gasteiger partial charge in [-0.3, -0.25) is 0 Å². The first-order chi connectivity index (χ1) is 11.3. The van der Waals surface area contributed by atoms with Gasteiger partial charge in [-0.2, -0.15) is 0 Å². The molecule has 0 aromatic carbocycles. The van der Waals surface area contributed by atoms with Crippen molar-refractivity contribution in [2.45, 2.75) is 77.9 Å². The SMILES string of the molecule is C=C1[C@H](O)CC(=C/C=C2\CCC[C@@]3(C)C2CCC3C(C)C)C[C@H]1O.[Y].[Y].[Y]. The molecule has 0 amide bonds. The van der Waals surface area contributed by atoms with Crippen molar-refractivity contribution in [2.24, 2.45) is 23.2 Å². The van der Waals surface area contributed by atoms with Crippen LogP contribution in [-0.4, -0.2) is 22.4 Å². The second-order valence-electron chi connectivity index (χ2n) is 8.92.